The Morgan fingerprint density at radius 2 is 2.05 bits per heavy atom. The van der Waals surface area contributed by atoms with Crippen molar-refractivity contribution in [1.29, 1.82) is 0 Å². The van der Waals surface area contributed by atoms with Gasteiger partial charge in [-0.3, -0.25) is 9.59 Å². The number of nitrogens with one attached hydrogen (secondary N) is 1. The molecule has 106 valence electrons. The summed E-state index contributed by atoms with van der Waals surface area (Å²) in [5, 5.41) is 2.58. The van der Waals surface area contributed by atoms with Gasteiger partial charge in [0.1, 0.15) is 6.26 Å². The lowest BCUT2D eigenvalue weighted by Crippen LogP contribution is -2.47. The van der Waals surface area contributed by atoms with Crippen molar-refractivity contribution in [2.75, 3.05) is 13.6 Å². The van der Waals surface area contributed by atoms with Crippen LogP contribution in [0.15, 0.2) is 23.0 Å². The average Bonchev–Trinajstić information content (AvgIpc) is 2.86. The van der Waals surface area contributed by atoms with Gasteiger partial charge in [0.2, 0.25) is 5.91 Å². The minimum atomic E-state index is -0.307. The lowest BCUT2D eigenvalue weighted by molar-refractivity contribution is -0.132. The summed E-state index contributed by atoms with van der Waals surface area (Å²) in [5.41, 5.74) is 0.415. The molecule has 0 bridgehead atoms. The number of likely N-dealkylation sites (N-methyl/N-ethyl adjacent to an activating group) is 1. The summed E-state index contributed by atoms with van der Waals surface area (Å²) >= 11 is 0. The molecular weight excluding hydrogens is 244 g/mol. The molecule has 2 amide bonds. The van der Waals surface area contributed by atoms with Crippen molar-refractivity contribution in [3.8, 4) is 0 Å². The van der Waals surface area contributed by atoms with Crippen molar-refractivity contribution in [3.63, 3.8) is 0 Å². The van der Waals surface area contributed by atoms with Crippen molar-refractivity contribution >= 4 is 11.8 Å². The zero-order chi connectivity index (χ0) is 14.6. The van der Waals surface area contributed by atoms with Crippen molar-refractivity contribution in [2.24, 2.45) is 5.41 Å². The summed E-state index contributed by atoms with van der Waals surface area (Å²) < 4.78 is 4.82. The average molecular weight is 266 g/mol. The van der Waals surface area contributed by atoms with Gasteiger partial charge in [-0.2, -0.15) is 0 Å². The van der Waals surface area contributed by atoms with Gasteiger partial charge in [-0.1, -0.05) is 20.8 Å². The minimum Gasteiger partial charge on any atom is -0.472 e. The van der Waals surface area contributed by atoms with Crippen LogP contribution in [0.25, 0.3) is 0 Å². The molecule has 1 N–H and O–H groups in total. The largest absolute Gasteiger partial charge is 0.472 e. The summed E-state index contributed by atoms with van der Waals surface area (Å²) in [6.45, 7) is 8.21. The van der Waals surface area contributed by atoms with Crippen molar-refractivity contribution in [2.45, 2.75) is 33.7 Å². The number of hydrogen-bond acceptors (Lipinski definition) is 3. The van der Waals surface area contributed by atoms with E-state index < -0.39 is 0 Å². The summed E-state index contributed by atoms with van der Waals surface area (Å²) in [7, 11) is 1.75. The van der Waals surface area contributed by atoms with Crippen molar-refractivity contribution in [1.82, 2.24) is 10.2 Å². The van der Waals surface area contributed by atoms with Crippen LogP contribution in [-0.4, -0.2) is 36.3 Å². The second kappa shape index (κ2) is 5.91. The Kier molecular flexibility index (Phi) is 4.75. The highest BCUT2D eigenvalue weighted by molar-refractivity contribution is 5.96. The molecular formula is C14H22N2O3. The van der Waals surface area contributed by atoms with E-state index in [1.807, 2.05) is 6.92 Å². The SMILES string of the molecule is C[C@@H](N(C)C(=O)CNC(=O)c1ccoc1)C(C)(C)C. The standard InChI is InChI=1S/C14H22N2O3/c1-10(14(2,3)4)16(5)12(17)8-15-13(18)11-6-7-19-9-11/h6-7,9-10H,8H2,1-5H3,(H,15,18)/t10-/m1/s1. The molecule has 19 heavy (non-hydrogen) atoms. The quantitative estimate of drug-likeness (QED) is 0.905. The Hall–Kier alpha value is -1.78. The zero-order valence-electron chi connectivity index (χ0n) is 12.2. The minimum absolute atomic E-state index is 0.00101. The summed E-state index contributed by atoms with van der Waals surface area (Å²) in [5.74, 6) is -0.418. The van der Waals surface area contributed by atoms with E-state index in [0.29, 0.717) is 5.56 Å². The third kappa shape index (κ3) is 4.12. The van der Waals surface area contributed by atoms with E-state index in [2.05, 4.69) is 26.1 Å². The van der Waals surface area contributed by atoms with Gasteiger partial charge in [0, 0.05) is 13.1 Å². The molecule has 5 nitrogen and oxygen atoms in total. The van der Waals surface area contributed by atoms with E-state index in [4.69, 9.17) is 4.42 Å². The highest BCUT2D eigenvalue weighted by Crippen LogP contribution is 2.22. The van der Waals surface area contributed by atoms with Crippen LogP contribution >= 0.6 is 0 Å². The van der Waals surface area contributed by atoms with Gasteiger partial charge in [0.05, 0.1) is 18.4 Å². The van der Waals surface area contributed by atoms with Gasteiger partial charge < -0.3 is 14.6 Å². The first-order chi connectivity index (χ1) is 8.73. The fourth-order valence-electron chi connectivity index (χ4n) is 1.57. The maximum absolute atomic E-state index is 12.0. The van der Waals surface area contributed by atoms with E-state index in [-0.39, 0.29) is 29.8 Å². The molecule has 0 aliphatic heterocycles. The van der Waals surface area contributed by atoms with Crippen molar-refractivity contribution < 1.29 is 14.0 Å². The molecule has 0 aromatic carbocycles. The second-order valence-corrected chi connectivity index (χ2v) is 5.74. The van der Waals surface area contributed by atoms with Gasteiger partial charge >= 0.3 is 0 Å². The monoisotopic (exact) mass is 266 g/mol. The van der Waals surface area contributed by atoms with Crippen LogP contribution in [0.2, 0.25) is 0 Å². The molecule has 0 aliphatic rings. The summed E-state index contributed by atoms with van der Waals surface area (Å²) in [4.78, 5) is 25.3. The number of rotatable bonds is 4. The zero-order valence-corrected chi connectivity index (χ0v) is 12.2. The number of carbonyl (C=O) groups is 2. The Balaban J connectivity index is 2.50. The molecule has 1 aromatic rings. The van der Waals surface area contributed by atoms with Gasteiger partial charge in [-0.05, 0) is 18.4 Å². The third-order valence-electron chi connectivity index (χ3n) is 3.41. The van der Waals surface area contributed by atoms with Crippen LogP contribution < -0.4 is 5.32 Å². The van der Waals surface area contributed by atoms with E-state index in [1.54, 1.807) is 18.0 Å². The van der Waals surface area contributed by atoms with Gasteiger partial charge in [-0.25, -0.2) is 0 Å². The Morgan fingerprint density at radius 1 is 1.42 bits per heavy atom. The number of amides is 2. The molecule has 0 spiro atoms. The number of nitrogens with zero attached hydrogens (tertiary/aromatic N) is 1. The van der Waals surface area contributed by atoms with Gasteiger partial charge in [0.15, 0.2) is 0 Å². The highest BCUT2D eigenvalue weighted by atomic mass is 16.3. The molecule has 0 radical (unpaired) electrons. The number of hydrogen-bond donors (Lipinski definition) is 1. The predicted molar refractivity (Wildman–Crippen MR) is 72.7 cm³/mol. The highest BCUT2D eigenvalue weighted by Gasteiger charge is 2.26. The first-order valence-electron chi connectivity index (χ1n) is 6.29. The van der Waals surface area contributed by atoms with Crippen LogP contribution in [0.1, 0.15) is 38.1 Å². The second-order valence-electron chi connectivity index (χ2n) is 5.74. The van der Waals surface area contributed by atoms with Gasteiger partial charge in [0.25, 0.3) is 5.91 Å². The van der Waals surface area contributed by atoms with E-state index >= 15 is 0 Å². The van der Waals surface area contributed by atoms with Crippen LogP contribution in [0.3, 0.4) is 0 Å². The van der Waals surface area contributed by atoms with Crippen molar-refractivity contribution in [3.05, 3.63) is 24.2 Å². The normalized spacial score (nSPS) is 12.9. The van der Waals surface area contributed by atoms with Crippen LogP contribution in [0, 0.1) is 5.41 Å². The number of furan rings is 1. The molecule has 0 unspecified atom stereocenters. The molecule has 1 aromatic heterocycles. The molecule has 0 aliphatic carbocycles. The maximum atomic E-state index is 12.0. The van der Waals surface area contributed by atoms with E-state index in [0.717, 1.165) is 0 Å². The smallest absolute Gasteiger partial charge is 0.254 e. The molecule has 0 fully saturated rings. The molecule has 1 heterocycles. The first-order valence-corrected chi connectivity index (χ1v) is 6.29. The van der Waals surface area contributed by atoms with E-state index in [9.17, 15) is 9.59 Å². The van der Waals surface area contributed by atoms with E-state index in [1.165, 1.54) is 12.5 Å². The topological polar surface area (TPSA) is 62.6 Å². The predicted octanol–water partition coefficient (Wildman–Crippen LogP) is 1.90. The summed E-state index contributed by atoms with van der Waals surface area (Å²) in [6.07, 6.45) is 2.77. The molecule has 5 heteroatoms. The maximum Gasteiger partial charge on any atom is 0.254 e. The Bertz CT molecular complexity index is 432. The molecule has 0 saturated carbocycles. The first kappa shape index (κ1) is 15.3. The van der Waals surface area contributed by atoms with Crippen LogP contribution in [0.5, 0.6) is 0 Å². The fraction of sp³-hybridized carbons (Fsp3) is 0.571. The number of carbonyl (C=O) groups excluding carboxylic acids is 2. The molecule has 0 saturated heterocycles. The summed E-state index contributed by atoms with van der Waals surface area (Å²) in [6, 6.07) is 1.65. The third-order valence-corrected chi connectivity index (χ3v) is 3.41. The Morgan fingerprint density at radius 3 is 2.53 bits per heavy atom. The fourth-order valence-corrected chi connectivity index (χ4v) is 1.57. The lowest BCUT2D eigenvalue weighted by atomic mass is 9.87. The molecule has 1 atom stereocenters. The van der Waals surface area contributed by atoms with Crippen LogP contribution in [-0.2, 0) is 4.79 Å². The van der Waals surface area contributed by atoms with Gasteiger partial charge in [-0.15, -0.1) is 0 Å². The Labute approximate surface area is 114 Å². The molecule has 1 rings (SSSR count). The van der Waals surface area contributed by atoms with Crippen LogP contribution in [0.4, 0.5) is 0 Å². The lowest BCUT2D eigenvalue weighted by Gasteiger charge is -2.35.